The molecule has 1 aliphatic rings. The van der Waals surface area contributed by atoms with Gasteiger partial charge in [0.25, 0.3) is 5.91 Å². The summed E-state index contributed by atoms with van der Waals surface area (Å²) in [6.07, 6.45) is 5.49. The van der Waals surface area contributed by atoms with E-state index in [2.05, 4.69) is 21.7 Å². The summed E-state index contributed by atoms with van der Waals surface area (Å²) in [4.78, 5) is 12.3. The number of aliphatic hydroxyl groups is 1. The number of hydrogen-bond donors (Lipinski definition) is 2. The Morgan fingerprint density at radius 2 is 2.20 bits per heavy atom. The van der Waals surface area contributed by atoms with Crippen molar-refractivity contribution in [2.75, 3.05) is 5.32 Å². The Morgan fingerprint density at radius 3 is 3.04 bits per heavy atom. The van der Waals surface area contributed by atoms with Gasteiger partial charge >= 0.3 is 0 Å². The fourth-order valence-corrected chi connectivity index (χ4v) is 3.08. The molecule has 2 heterocycles. The second kappa shape index (κ2) is 6.52. The molecule has 128 valence electrons. The second-order valence-corrected chi connectivity index (χ2v) is 6.15. The van der Waals surface area contributed by atoms with Crippen LogP contribution in [0.3, 0.4) is 0 Å². The van der Waals surface area contributed by atoms with Crippen molar-refractivity contribution in [1.29, 1.82) is 0 Å². The summed E-state index contributed by atoms with van der Waals surface area (Å²) >= 11 is 0. The number of fused-ring (bicyclic) bond motifs is 1. The highest BCUT2D eigenvalue weighted by Crippen LogP contribution is 2.25. The molecule has 0 bridgehead atoms. The first-order chi connectivity index (χ1) is 12.2. The van der Waals surface area contributed by atoms with Gasteiger partial charge in [0.2, 0.25) is 0 Å². The van der Waals surface area contributed by atoms with Gasteiger partial charge in [-0.25, -0.2) is 4.68 Å². The van der Waals surface area contributed by atoms with Gasteiger partial charge in [-0.2, -0.15) is 0 Å². The maximum Gasteiger partial charge on any atom is 0.277 e. The molecule has 2 N–H and O–H groups in total. The second-order valence-electron chi connectivity index (χ2n) is 6.15. The highest BCUT2D eigenvalue weighted by atomic mass is 16.4. The van der Waals surface area contributed by atoms with Gasteiger partial charge in [-0.15, -0.1) is 5.10 Å². The van der Waals surface area contributed by atoms with E-state index in [4.69, 9.17) is 4.42 Å². The number of aliphatic hydroxyl groups excluding tert-OH is 1. The standard InChI is InChI=1S/C18H18N4O3/c23-16(17-5-2-8-25-17)11-22-10-15(20-21-22)18(24)19-14-7-6-12-3-1-4-13(12)9-14/h2,5-10,16,23H,1,3-4,11H2,(H,19,24)/t16-/m0/s1. The third kappa shape index (κ3) is 3.32. The molecule has 0 fully saturated rings. The first-order valence-electron chi connectivity index (χ1n) is 8.24. The third-order valence-electron chi connectivity index (χ3n) is 4.36. The number of furan rings is 1. The monoisotopic (exact) mass is 338 g/mol. The van der Waals surface area contributed by atoms with Crippen molar-refractivity contribution < 1.29 is 14.3 Å². The van der Waals surface area contributed by atoms with Gasteiger partial charge in [0.15, 0.2) is 5.69 Å². The topological polar surface area (TPSA) is 93.2 Å². The molecule has 25 heavy (non-hydrogen) atoms. The SMILES string of the molecule is O=C(Nc1ccc2c(c1)CCC2)c1cn(C[C@H](O)c2ccco2)nn1. The summed E-state index contributed by atoms with van der Waals surface area (Å²) in [6.45, 7) is 0.159. The van der Waals surface area contributed by atoms with Crippen LogP contribution in [0.1, 0.15) is 39.9 Å². The molecule has 1 atom stereocenters. The quantitative estimate of drug-likeness (QED) is 0.745. The van der Waals surface area contributed by atoms with E-state index in [1.165, 1.54) is 34.7 Å². The van der Waals surface area contributed by atoms with Crippen LogP contribution in [0.15, 0.2) is 47.2 Å². The Bertz CT molecular complexity index is 886. The van der Waals surface area contributed by atoms with Crippen LogP contribution in [0, 0.1) is 0 Å². The van der Waals surface area contributed by atoms with E-state index in [9.17, 15) is 9.90 Å². The number of amides is 1. The van der Waals surface area contributed by atoms with Crippen molar-refractivity contribution in [3.05, 3.63) is 65.4 Å². The van der Waals surface area contributed by atoms with Crippen LogP contribution >= 0.6 is 0 Å². The maximum absolute atomic E-state index is 12.3. The average Bonchev–Trinajstić information content (AvgIpc) is 3.35. The molecule has 0 radical (unpaired) electrons. The molecule has 0 spiro atoms. The van der Waals surface area contributed by atoms with Crippen LogP contribution in [-0.4, -0.2) is 26.0 Å². The molecular weight excluding hydrogens is 320 g/mol. The Morgan fingerprint density at radius 1 is 1.32 bits per heavy atom. The first kappa shape index (κ1) is 15.6. The van der Waals surface area contributed by atoms with E-state index in [0.29, 0.717) is 5.76 Å². The number of rotatable bonds is 5. The Labute approximate surface area is 144 Å². The van der Waals surface area contributed by atoms with Crippen molar-refractivity contribution >= 4 is 11.6 Å². The van der Waals surface area contributed by atoms with Crippen molar-refractivity contribution in [2.24, 2.45) is 0 Å². The number of benzene rings is 1. The molecule has 3 aromatic rings. The van der Waals surface area contributed by atoms with Crippen molar-refractivity contribution in [2.45, 2.75) is 31.9 Å². The lowest BCUT2D eigenvalue weighted by Gasteiger charge is -2.07. The summed E-state index contributed by atoms with van der Waals surface area (Å²) in [7, 11) is 0. The summed E-state index contributed by atoms with van der Waals surface area (Å²) in [5.74, 6) is 0.122. The zero-order valence-corrected chi connectivity index (χ0v) is 13.6. The molecule has 0 unspecified atom stereocenters. The molecule has 4 rings (SSSR count). The number of nitrogens with zero attached hydrogens (tertiary/aromatic N) is 3. The first-order valence-corrected chi connectivity index (χ1v) is 8.24. The summed E-state index contributed by atoms with van der Waals surface area (Å²) < 4.78 is 6.57. The summed E-state index contributed by atoms with van der Waals surface area (Å²) in [6, 6.07) is 9.38. The molecule has 0 saturated carbocycles. The summed E-state index contributed by atoms with van der Waals surface area (Å²) in [5.41, 5.74) is 3.61. The van der Waals surface area contributed by atoms with Crippen LogP contribution in [0.5, 0.6) is 0 Å². The lowest BCUT2D eigenvalue weighted by Crippen LogP contribution is -2.13. The van der Waals surface area contributed by atoms with Crippen molar-refractivity contribution in [3.63, 3.8) is 0 Å². The number of carbonyl (C=O) groups is 1. The fraction of sp³-hybridized carbons (Fsp3) is 0.278. The average molecular weight is 338 g/mol. The number of carbonyl (C=O) groups excluding carboxylic acids is 1. The van der Waals surface area contributed by atoms with Crippen LogP contribution in [0.2, 0.25) is 0 Å². The molecule has 7 nitrogen and oxygen atoms in total. The Kier molecular flexibility index (Phi) is 4.07. The van der Waals surface area contributed by atoms with Gasteiger partial charge in [0.05, 0.1) is 19.0 Å². The lowest BCUT2D eigenvalue weighted by molar-refractivity contribution is 0.102. The van der Waals surface area contributed by atoms with E-state index in [-0.39, 0.29) is 18.1 Å². The molecule has 0 saturated heterocycles. The molecule has 1 aromatic carbocycles. The predicted octanol–water partition coefficient (Wildman–Crippen LogP) is 2.35. The highest BCUT2D eigenvalue weighted by molar-refractivity contribution is 6.02. The maximum atomic E-state index is 12.3. The molecule has 7 heteroatoms. The van der Waals surface area contributed by atoms with Crippen molar-refractivity contribution in [3.8, 4) is 0 Å². The minimum Gasteiger partial charge on any atom is -0.467 e. The van der Waals surface area contributed by atoms with Crippen LogP contribution in [-0.2, 0) is 19.4 Å². The molecule has 2 aromatic heterocycles. The lowest BCUT2D eigenvalue weighted by atomic mass is 10.1. The zero-order valence-electron chi connectivity index (χ0n) is 13.6. The molecule has 0 aliphatic heterocycles. The number of aromatic nitrogens is 3. The normalized spacial score (nSPS) is 14.3. The van der Waals surface area contributed by atoms with Gasteiger partial charge in [0.1, 0.15) is 11.9 Å². The predicted molar refractivity (Wildman–Crippen MR) is 90.1 cm³/mol. The van der Waals surface area contributed by atoms with Crippen LogP contribution < -0.4 is 5.32 Å². The molecule has 1 aliphatic carbocycles. The van der Waals surface area contributed by atoms with Gasteiger partial charge in [-0.1, -0.05) is 11.3 Å². The number of hydrogen-bond acceptors (Lipinski definition) is 5. The summed E-state index contributed by atoms with van der Waals surface area (Å²) in [5, 5.41) is 20.7. The van der Waals surface area contributed by atoms with Gasteiger partial charge in [-0.3, -0.25) is 4.79 Å². The number of nitrogens with one attached hydrogen (secondary N) is 1. The van der Waals surface area contributed by atoms with Crippen LogP contribution in [0.4, 0.5) is 5.69 Å². The van der Waals surface area contributed by atoms with Crippen molar-refractivity contribution in [1.82, 2.24) is 15.0 Å². The number of anilines is 1. The number of aryl methyl sites for hydroxylation is 2. The minimum absolute atomic E-state index is 0.159. The molecule has 1 amide bonds. The van der Waals surface area contributed by atoms with Gasteiger partial charge in [0, 0.05) is 5.69 Å². The van der Waals surface area contributed by atoms with Crippen LogP contribution in [0.25, 0.3) is 0 Å². The smallest absolute Gasteiger partial charge is 0.277 e. The van der Waals surface area contributed by atoms with E-state index < -0.39 is 6.10 Å². The third-order valence-corrected chi connectivity index (χ3v) is 4.36. The zero-order chi connectivity index (χ0) is 17.2. The van der Waals surface area contributed by atoms with E-state index >= 15 is 0 Å². The Hall–Kier alpha value is -2.93. The van der Waals surface area contributed by atoms with E-state index in [1.807, 2.05) is 12.1 Å². The van der Waals surface area contributed by atoms with E-state index in [0.717, 1.165) is 18.5 Å². The van der Waals surface area contributed by atoms with Gasteiger partial charge < -0.3 is 14.8 Å². The highest BCUT2D eigenvalue weighted by Gasteiger charge is 2.16. The van der Waals surface area contributed by atoms with Gasteiger partial charge in [-0.05, 0) is 54.7 Å². The minimum atomic E-state index is -0.843. The van der Waals surface area contributed by atoms with E-state index in [1.54, 1.807) is 12.1 Å². The molecular formula is C18H18N4O3. The largest absolute Gasteiger partial charge is 0.467 e. The Balaban J connectivity index is 1.42. The fourth-order valence-electron chi connectivity index (χ4n) is 3.08.